The molecule has 3 fully saturated rings. The Morgan fingerprint density at radius 3 is 2.52 bits per heavy atom. The highest BCUT2D eigenvalue weighted by atomic mass is 16.5. The van der Waals surface area contributed by atoms with Crippen molar-refractivity contribution in [3.63, 3.8) is 0 Å². The molecule has 2 aromatic carbocycles. The van der Waals surface area contributed by atoms with Gasteiger partial charge in [-0.15, -0.1) is 0 Å². The van der Waals surface area contributed by atoms with Gasteiger partial charge in [-0.3, -0.25) is 19.2 Å². The Kier molecular flexibility index (Phi) is 11.0. The van der Waals surface area contributed by atoms with Crippen LogP contribution >= 0.6 is 0 Å². The van der Waals surface area contributed by atoms with Crippen molar-refractivity contribution in [3.8, 4) is 5.75 Å². The Morgan fingerprint density at radius 1 is 0.979 bits per heavy atom. The number of benzene rings is 2. The molecule has 3 unspecified atom stereocenters. The van der Waals surface area contributed by atoms with Crippen LogP contribution in [-0.4, -0.2) is 84.3 Å². The normalized spacial score (nSPS) is 28.8. The highest BCUT2D eigenvalue weighted by Crippen LogP contribution is 2.37. The molecule has 48 heavy (non-hydrogen) atoms. The van der Waals surface area contributed by atoms with Crippen molar-refractivity contribution in [3.05, 3.63) is 65.2 Å². The number of fused-ring (bicyclic) bond motifs is 6. The smallest absolute Gasteiger partial charge is 0.243 e. The second-order valence-corrected chi connectivity index (χ2v) is 14.4. The van der Waals surface area contributed by atoms with Gasteiger partial charge in [-0.1, -0.05) is 36.4 Å². The number of nitrogens with one attached hydrogen (secondary N) is 3. The number of carbonyl (C=O) groups is 4. The number of nitrogens with zero attached hydrogens (tertiary/aromatic N) is 2. The van der Waals surface area contributed by atoms with Crippen LogP contribution in [0.4, 0.5) is 0 Å². The Hall–Kier alpha value is -3.92. The van der Waals surface area contributed by atoms with Gasteiger partial charge in [0, 0.05) is 37.6 Å². The molecule has 10 nitrogen and oxygen atoms in total. The van der Waals surface area contributed by atoms with Gasteiger partial charge in [-0.05, 0) is 106 Å². The fourth-order valence-electron chi connectivity index (χ4n) is 8.03. The maximum absolute atomic E-state index is 14.1. The zero-order chi connectivity index (χ0) is 33.6. The Bertz CT molecular complexity index is 1450. The maximum Gasteiger partial charge on any atom is 0.243 e. The first-order chi connectivity index (χ1) is 23.2. The van der Waals surface area contributed by atoms with Gasteiger partial charge in [0.2, 0.25) is 23.6 Å². The van der Waals surface area contributed by atoms with Crippen LogP contribution in [0.5, 0.6) is 5.75 Å². The van der Waals surface area contributed by atoms with Gasteiger partial charge in [-0.25, -0.2) is 0 Å². The molecule has 0 aliphatic carbocycles. The van der Waals surface area contributed by atoms with Gasteiger partial charge in [0.1, 0.15) is 17.8 Å². The van der Waals surface area contributed by atoms with Crippen molar-refractivity contribution >= 4 is 23.6 Å². The van der Waals surface area contributed by atoms with Crippen molar-refractivity contribution < 1.29 is 23.9 Å². The third-order valence-corrected chi connectivity index (χ3v) is 11.1. The third-order valence-electron chi connectivity index (χ3n) is 11.1. The Balaban J connectivity index is 1.24. The molecule has 3 saturated heterocycles. The van der Waals surface area contributed by atoms with Crippen LogP contribution in [0, 0.1) is 18.8 Å². The molecule has 4 aliphatic rings. The maximum atomic E-state index is 14.1. The first-order valence-electron chi connectivity index (χ1n) is 17.9. The minimum atomic E-state index is -1.07. The molecule has 4 heterocycles. The molecule has 4 amide bonds. The average Bonchev–Trinajstić information content (AvgIpc) is 3.28. The first-order valence-corrected chi connectivity index (χ1v) is 17.9. The SMILES string of the molecule is Cc1ccc2cc1CNC(=O)[C@H](CCc1ccccc1)NC(=O)[C@@H](NC(=O)C1CC3CCC(C1)N3C)CC(=O)N1CCCC(CCO2)C1. The molecule has 258 valence electrons. The van der Waals surface area contributed by atoms with Crippen molar-refractivity contribution in [2.75, 3.05) is 26.7 Å². The molecule has 0 spiro atoms. The topological polar surface area (TPSA) is 120 Å². The van der Waals surface area contributed by atoms with Crippen molar-refractivity contribution in [2.45, 2.75) is 102 Å². The summed E-state index contributed by atoms with van der Waals surface area (Å²) in [5.41, 5.74) is 3.03. The summed E-state index contributed by atoms with van der Waals surface area (Å²) in [6, 6.07) is 14.6. The number of amides is 4. The van der Waals surface area contributed by atoms with Gasteiger partial charge in [0.05, 0.1) is 13.0 Å². The number of hydrogen-bond acceptors (Lipinski definition) is 6. The lowest BCUT2D eigenvalue weighted by atomic mass is 9.90. The van der Waals surface area contributed by atoms with E-state index < -0.39 is 18.0 Å². The largest absolute Gasteiger partial charge is 0.494 e. The predicted molar refractivity (Wildman–Crippen MR) is 183 cm³/mol. The monoisotopic (exact) mass is 657 g/mol. The van der Waals surface area contributed by atoms with E-state index in [1.165, 1.54) is 0 Å². The Labute approximate surface area is 284 Å². The van der Waals surface area contributed by atoms with Gasteiger partial charge in [0.25, 0.3) is 0 Å². The number of carbonyl (C=O) groups excluding carboxylic acids is 4. The zero-order valence-electron chi connectivity index (χ0n) is 28.4. The lowest BCUT2D eigenvalue weighted by Gasteiger charge is -2.36. The molecule has 5 atom stereocenters. The summed E-state index contributed by atoms with van der Waals surface area (Å²) >= 11 is 0. The van der Waals surface area contributed by atoms with E-state index in [0.717, 1.165) is 67.4 Å². The standard InChI is InChI=1S/C38H51N5O5/c1-25-10-14-32-21-29(25)23-39-37(46)33(15-11-26-7-4-3-5-8-26)40-38(47)34(22-35(44)43-17-6-9-27(24-43)16-18-48-32)41-36(45)28-19-30-12-13-31(20-28)42(30)2/h3-5,7-8,10,14,21,27-28,30-31,33-34H,6,9,11-13,15-20,22-24H2,1-2H3,(H,39,46)(H,40,47)(H,41,45)/t27?,28?,30?,31?,33-,34-/m0/s1. The lowest BCUT2D eigenvalue weighted by molar-refractivity contribution is -0.139. The summed E-state index contributed by atoms with van der Waals surface area (Å²) < 4.78 is 6.14. The minimum absolute atomic E-state index is 0.142. The number of ether oxygens (including phenoxy) is 1. The highest BCUT2D eigenvalue weighted by Gasteiger charge is 2.42. The summed E-state index contributed by atoms with van der Waals surface area (Å²) in [7, 11) is 2.13. The lowest BCUT2D eigenvalue weighted by Crippen LogP contribution is -2.56. The number of piperidine rings is 2. The van der Waals surface area contributed by atoms with Crippen LogP contribution in [0.15, 0.2) is 48.5 Å². The first kappa shape index (κ1) is 34.0. The second kappa shape index (κ2) is 15.5. The van der Waals surface area contributed by atoms with E-state index in [1.54, 1.807) is 0 Å². The molecule has 0 saturated carbocycles. The fourth-order valence-corrected chi connectivity index (χ4v) is 8.03. The highest BCUT2D eigenvalue weighted by molar-refractivity contribution is 5.95. The molecule has 4 aliphatic heterocycles. The number of aryl methyl sites for hydroxylation is 2. The summed E-state index contributed by atoms with van der Waals surface area (Å²) in [5.74, 6) is -0.298. The molecule has 0 aromatic heterocycles. The second-order valence-electron chi connectivity index (χ2n) is 14.4. The number of rotatable bonds is 5. The summed E-state index contributed by atoms with van der Waals surface area (Å²) in [6.45, 7) is 4.05. The fraction of sp³-hybridized carbons (Fsp3) is 0.579. The van der Waals surface area contributed by atoms with E-state index in [9.17, 15) is 19.2 Å². The van der Waals surface area contributed by atoms with E-state index in [4.69, 9.17) is 4.74 Å². The molecule has 6 rings (SSSR count). The molecule has 2 aromatic rings. The van der Waals surface area contributed by atoms with Crippen molar-refractivity contribution in [1.29, 1.82) is 0 Å². The summed E-state index contributed by atoms with van der Waals surface area (Å²) in [6.07, 6.45) is 7.17. The average molecular weight is 658 g/mol. The predicted octanol–water partition coefficient (Wildman–Crippen LogP) is 3.50. The zero-order valence-corrected chi connectivity index (χ0v) is 28.4. The summed E-state index contributed by atoms with van der Waals surface area (Å²) in [5, 5.41) is 9.00. The molecule has 0 radical (unpaired) electrons. The minimum Gasteiger partial charge on any atom is -0.494 e. The Morgan fingerprint density at radius 2 is 1.75 bits per heavy atom. The van der Waals surface area contributed by atoms with Crippen LogP contribution < -0.4 is 20.7 Å². The molecule has 10 heteroatoms. The molecular formula is C38H51N5O5. The van der Waals surface area contributed by atoms with Crippen LogP contribution in [0.1, 0.15) is 74.5 Å². The van der Waals surface area contributed by atoms with Crippen LogP contribution in [0.3, 0.4) is 0 Å². The van der Waals surface area contributed by atoms with E-state index in [2.05, 4.69) is 27.9 Å². The quantitative estimate of drug-likeness (QED) is 0.453. The summed E-state index contributed by atoms with van der Waals surface area (Å²) in [4.78, 5) is 59.6. The van der Waals surface area contributed by atoms with E-state index >= 15 is 0 Å². The van der Waals surface area contributed by atoms with Gasteiger partial charge < -0.3 is 30.5 Å². The van der Waals surface area contributed by atoms with Crippen LogP contribution in [-0.2, 0) is 32.1 Å². The van der Waals surface area contributed by atoms with Crippen molar-refractivity contribution in [1.82, 2.24) is 25.8 Å². The van der Waals surface area contributed by atoms with E-state index in [0.29, 0.717) is 50.5 Å². The van der Waals surface area contributed by atoms with E-state index in [1.807, 2.05) is 60.4 Å². The molecular weight excluding hydrogens is 606 g/mol. The molecule has 6 bridgehead atoms. The molecule has 3 N–H and O–H groups in total. The van der Waals surface area contributed by atoms with Crippen molar-refractivity contribution in [2.24, 2.45) is 11.8 Å². The number of hydrogen-bond donors (Lipinski definition) is 3. The van der Waals surface area contributed by atoms with Gasteiger partial charge in [0.15, 0.2) is 0 Å². The van der Waals surface area contributed by atoms with Crippen LogP contribution in [0.2, 0.25) is 0 Å². The van der Waals surface area contributed by atoms with E-state index in [-0.39, 0.29) is 36.6 Å². The van der Waals surface area contributed by atoms with Crippen LogP contribution in [0.25, 0.3) is 0 Å². The van der Waals surface area contributed by atoms with Gasteiger partial charge in [-0.2, -0.15) is 0 Å². The van der Waals surface area contributed by atoms with Gasteiger partial charge >= 0.3 is 0 Å². The third kappa shape index (κ3) is 8.38.